The highest BCUT2D eigenvalue weighted by Crippen LogP contribution is 2.40. The molecule has 2 unspecified atom stereocenters. The highest BCUT2D eigenvalue weighted by Gasteiger charge is 2.31. The third kappa shape index (κ3) is 9.27. The molecule has 3 aromatic carbocycles. The van der Waals surface area contributed by atoms with Gasteiger partial charge in [0.2, 0.25) is 0 Å². The van der Waals surface area contributed by atoms with Gasteiger partial charge in [-0.15, -0.1) is 0 Å². The van der Waals surface area contributed by atoms with Gasteiger partial charge in [-0.05, 0) is 109 Å². The van der Waals surface area contributed by atoms with Crippen LogP contribution in [-0.4, -0.2) is 48.6 Å². The number of rotatable bonds is 15. The summed E-state index contributed by atoms with van der Waals surface area (Å²) in [7, 11) is 0. The minimum Gasteiger partial charge on any atom is -0.465 e. The molecule has 0 saturated heterocycles. The predicted octanol–water partition coefficient (Wildman–Crippen LogP) is 7.70. The SMILES string of the molecule is C=C(CO)C(=O)OCC(COC(=O)C(C)CO)C1CCC(c2ccc(-c3ccc4cc(CCCCC)ccc4c3)c(C)c2)CC1. The summed E-state index contributed by atoms with van der Waals surface area (Å²) in [6.07, 6.45) is 8.73. The average molecular weight is 615 g/mol. The number of carbonyl (C=O) groups is 2. The van der Waals surface area contributed by atoms with E-state index in [1.807, 2.05) is 0 Å². The summed E-state index contributed by atoms with van der Waals surface area (Å²) in [4.78, 5) is 24.4. The Hall–Kier alpha value is -3.48. The molecule has 0 radical (unpaired) electrons. The standard InChI is InChI=1S/C39H50O6/c1-5-6-7-8-29-9-10-34-21-35(16-15-33(34)20-29)37-18-17-32(19-26(37)2)30-11-13-31(14-12-30)36(24-44-38(42)27(3)22-40)25-45-39(43)28(4)23-41/h9-10,15-21,28,30-31,36,40-41H,3,5-8,11-14,22-25H2,1-2,4H3. The number of carbonyl (C=O) groups excluding carboxylic acids is 2. The average Bonchev–Trinajstić information content (AvgIpc) is 3.07. The van der Waals surface area contributed by atoms with E-state index in [9.17, 15) is 19.8 Å². The fourth-order valence-electron chi connectivity index (χ4n) is 6.46. The first-order chi connectivity index (χ1) is 21.7. The van der Waals surface area contributed by atoms with Gasteiger partial charge >= 0.3 is 11.9 Å². The first-order valence-electron chi connectivity index (χ1n) is 16.6. The highest BCUT2D eigenvalue weighted by molar-refractivity contribution is 5.88. The molecule has 6 heteroatoms. The molecule has 0 spiro atoms. The fourth-order valence-corrected chi connectivity index (χ4v) is 6.46. The van der Waals surface area contributed by atoms with Crippen molar-refractivity contribution < 1.29 is 29.3 Å². The number of aliphatic hydroxyl groups excluding tert-OH is 2. The Labute approximate surface area is 268 Å². The largest absolute Gasteiger partial charge is 0.465 e. The van der Waals surface area contributed by atoms with E-state index in [-0.39, 0.29) is 37.2 Å². The maximum Gasteiger partial charge on any atom is 0.335 e. The van der Waals surface area contributed by atoms with Crippen LogP contribution in [0.1, 0.15) is 81.4 Å². The van der Waals surface area contributed by atoms with Crippen molar-refractivity contribution in [2.45, 2.75) is 78.1 Å². The molecule has 4 rings (SSSR count). The van der Waals surface area contributed by atoms with Crippen LogP contribution >= 0.6 is 0 Å². The van der Waals surface area contributed by atoms with Crippen molar-refractivity contribution in [2.24, 2.45) is 17.8 Å². The molecule has 242 valence electrons. The Kier molecular flexibility index (Phi) is 12.8. The number of benzene rings is 3. The van der Waals surface area contributed by atoms with E-state index in [1.165, 1.54) is 57.9 Å². The number of aliphatic hydroxyl groups is 2. The third-order valence-corrected chi connectivity index (χ3v) is 9.47. The molecule has 0 amide bonds. The van der Waals surface area contributed by atoms with Gasteiger partial charge in [-0.2, -0.15) is 0 Å². The lowest BCUT2D eigenvalue weighted by molar-refractivity contribution is -0.153. The summed E-state index contributed by atoms with van der Waals surface area (Å²) >= 11 is 0. The molecule has 0 heterocycles. The zero-order valence-corrected chi connectivity index (χ0v) is 27.2. The molecular formula is C39H50O6. The zero-order chi connectivity index (χ0) is 32.3. The minimum atomic E-state index is -0.639. The third-order valence-electron chi connectivity index (χ3n) is 9.47. The van der Waals surface area contributed by atoms with E-state index in [1.54, 1.807) is 6.92 Å². The summed E-state index contributed by atoms with van der Waals surface area (Å²) in [5.74, 6) is -1.21. The molecule has 0 aromatic heterocycles. The molecular weight excluding hydrogens is 564 g/mol. The van der Waals surface area contributed by atoms with E-state index in [2.05, 4.69) is 75.0 Å². The van der Waals surface area contributed by atoms with E-state index < -0.39 is 24.5 Å². The maximum atomic E-state index is 12.2. The Bertz CT molecular complexity index is 1450. The molecule has 1 fully saturated rings. The lowest BCUT2D eigenvalue weighted by Crippen LogP contribution is -2.32. The molecule has 2 atom stereocenters. The summed E-state index contributed by atoms with van der Waals surface area (Å²) in [5.41, 5.74) is 6.52. The lowest BCUT2D eigenvalue weighted by atomic mass is 9.73. The first-order valence-corrected chi connectivity index (χ1v) is 16.6. The molecule has 1 saturated carbocycles. The molecule has 1 aliphatic rings. The smallest absolute Gasteiger partial charge is 0.335 e. The number of esters is 2. The fraction of sp³-hybridized carbons (Fsp3) is 0.487. The van der Waals surface area contributed by atoms with Gasteiger partial charge in [-0.3, -0.25) is 4.79 Å². The van der Waals surface area contributed by atoms with Gasteiger partial charge in [0.25, 0.3) is 0 Å². The van der Waals surface area contributed by atoms with E-state index in [4.69, 9.17) is 9.47 Å². The molecule has 45 heavy (non-hydrogen) atoms. The second kappa shape index (κ2) is 16.7. The van der Waals surface area contributed by atoms with Gasteiger partial charge in [-0.1, -0.05) is 74.9 Å². The van der Waals surface area contributed by atoms with Gasteiger partial charge in [0.05, 0.1) is 37.9 Å². The number of ether oxygens (including phenoxy) is 2. The molecule has 1 aliphatic carbocycles. The van der Waals surface area contributed by atoms with Gasteiger partial charge in [0.1, 0.15) is 0 Å². The van der Waals surface area contributed by atoms with Crippen LogP contribution in [0.3, 0.4) is 0 Å². The number of unbranched alkanes of at least 4 members (excludes halogenated alkanes) is 2. The van der Waals surface area contributed by atoms with Gasteiger partial charge in [0, 0.05) is 5.92 Å². The number of aryl methyl sites for hydroxylation is 2. The summed E-state index contributed by atoms with van der Waals surface area (Å²) in [5, 5.41) is 21.1. The molecule has 0 bridgehead atoms. The van der Waals surface area contributed by atoms with E-state index >= 15 is 0 Å². The van der Waals surface area contributed by atoms with Crippen LogP contribution in [0.5, 0.6) is 0 Å². The molecule has 2 N–H and O–H groups in total. The Morgan fingerprint density at radius 3 is 2.31 bits per heavy atom. The van der Waals surface area contributed by atoms with Crippen LogP contribution in [0, 0.1) is 24.7 Å². The number of fused-ring (bicyclic) bond motifs is 1. The maximum absolute atomic E-state index is 12.2. The van der Waals surface area contributed by atoms with Crippen molar-refractivity contribution in [3.63, 3.8) is 0 Å². The normalized spacial score (nSPS) is 17.9. The van der Waals surface area contributed by atoms with Crippen LogP contribution in [0.15, 0.2) is 66.7 Å². The van der Waals surface area contributed by atoms with Crippen molar-refractivity contribution in [3.05, 3.63) is 83.4 Å². The second-order valence-electron chi connectivity index (χ2n) is 12.9. The summed E-state index contributed by atoms with van der Waals surface area (Å²) in [6, 6.07) is 20.5. The van der Waals surface area contributed by atoms with Gasteiger partial charge < -0.3 is 19.7 Å². The Morgan fingerprint density at radius 1 is 0.911 bits per heavy atom. The second-order valence-corrected chi connectivity index (χ2v) is 12.9. The van der Waals surface area contributed by atoms with Gasteiger partial charge in [0.15, 0.2) is 0 Å². The van der Waals surface area contributed by atoms with Crippen LogP contribution < -0.4 is 0 Å². The lowest BCUT2D eigenvalue weighted by Gasteiger charge is -2.34. The number of hydrogen-bond acceptors (Lipinski definition) is 6. The molecule has 6 nitrogen and oxygen atoms in total. The van der Waals surface area contributed by atoms with Crippen molar-refractivity contribution in [1.29, 1.82) is 0 Å². The Morgan fingerprint density at radius 2 is 1.62 bits per heavy atom. The predicted molar refractivity (Wildman–Crippen MR) is 180 cm³/mol. The zero-order valence-electron chi connectivity index (χ0n) is 27.2. The van der Waals surface area contributed by atoms with Crippen LogP contribution in [0.2, 0.25) is 0 Å². The topological polar surface area (TPSA) is 93.1 Å². The quantitative estimate of drug-likeness (QED) is 0.104. The Balaban J connectivity index is 1.40. The van der Waals surface area contributed by atoms with Crippen molar-refractivity contribution in [2.75, 3.05) is 26.4 Å². The van der Waals surface area contributed by atoms with Crippen LogP contribution in [0.25, 0.3) is 21.9 Å². The monoisotopic (exact) mass is 614 g/mol. The van der Waals surface area contributed by atoms with Gasteiger partial charge in [-0.25, -0.2) is 4.79 Å². The van der Waals surface area contributed by atoms with Crippen LogP contribution in [-0.2, 0) is 25.5 Å². The summed E-state index contributed by atoms with van der Waals surface area (Å²) < 4.78 is 10.9. The van der Waals surface area contributed by atoms with E-state index in [0.29, 0.717) is 5.92 Å². The van der Waals surface area contributed by atoms with Crippen molar-refractivity contribution in [3.8, 4) is 11.1 Å². The number of hydrogen-bond donors (Lipinski definition) is 2. The van der Waals surface area contributed by atoms with E-state index in [0.717, 1.165) is 32.1 Å². The molecule has 0 aliphatic heterocycles. The first kappa shape index (κ1) is 34.4. The molecule has 3 aromatic rings. The minimum absolute atomic E-state index is 0.00203. The van der Waals surface area contributed by atoms with Crippen LogP contribution in [0.4, 0.5) is 0 Å². The van der Waals surface area contributed by atoms with Crippen molar-refractivity contribution in [1.82, 2.24) is 0 Å². The van der Waals surface area contributed by atoms with Crippen molar-refractivity contribution >= 4 is 22.7 Å². The highest BCUT2D eigenvalue weighted by atomic mass is 16.5. The summed E-state index contributed by atoms with van der Waals surface area (Å²) in [6.45, 7) is 9.06.